The fourth-order valence-corrected chi connectivity index (χ4v) is 2.38. The van der Waals surface area contributed by atoms with Crippen LogP contribution in [-0.2, 0) is 11.0 Å². The van der Waals surface area contributed by atoms with Crippen molar-refractivity contribution in [3.63, 3.8) is 0 Å². The molecule has 1 amide bonds. The zero-order chi connectivity index (χ0) is 16.4. The lowest BCUT2D eigenvalue weighted by atomic mass is 9.90. The largest absolute Gasteiger partial charge is 0.484 e. The minimum absolute atomic E-state index is 0. The van der Waals surface area contributed by atoms with Gasteiger partial charge in [0.15, 0.2) is 6.61 Å². The maximum atomic E-state index is 12.4. The van der Waals surface area contributed by atoms with Crippen molar-refractivity contribution >= 4 is 18.3 Å². The summed E-state index contributed by atoms with van der Waals surface area (Å²) in [7, 11) is 0. The molecule has 130 valence electrons. The van der Waals surface area contributed by atoms with Crippen molar-refractivity contribution in [3.8, 4) is 5.75 Å². The highest BCUT2D eigenvalue weighted by atomic mass is 35.5. The molecule has 1 aromatic rings. The summed E-state index contributed by atoms with van der Waals surface area (Å²) in [5.41, 5.74) is 4.87. The number of ether oxygens (including phenoxy) is 1. The van der Waals surface area contributed by atoms with Gasteiger partial charge < -0.3 is 15.4 Å². The lowest BCUT2D eigenvalue weighted by molar-refractivity contribution is -0.137. The third kappa shape index (κ3) is 5.00. The fourth-order valence-electron chi connectivity index (χ4n) is 2.38. The van der Waals surface area contributed by atoms with E-state index in [4.69, 9.17) is 10.5 Å². The summed E-state index contributed by atoms with van der Waals surface area (Å²) < 4.78 is 42.6. The van der Waals surface area contributed by atoms with Crippen molar-refractivity contribution in [2.75, 3.05) is 26.2 Å². The molecule has 1 fully saturated rings. The van der Waals surface area contributed by atoms with E-state index in [0.717, 1.165) is 18.6 Å². The Labute approximate surface area is 139 Å². The molecule has 4 nitrogen and oxygen atoms in total. The third-order valence-corrected chi connectivity index (χ3v) is 3.95. The zero-order valence-corrected chi connectivity index (χ0v) is 13.5. The van der Waals surface area contributed by atoms with Gasteiger partial charge in [-0.25, -0.2) is 0 Å². The van der Waals surface area contributed by atoms with Gasteiger partial charge in [-0.15, -0.1) is 12.4 Å². The molecule has 0 aromatic heterocycles. The molecular weight excluding hydrogens is 333 g/mol. The highest BCUT2D eigenvalue weighted by Crippen LogP contribution is 2.30. The number of nitrogens with zero attached hydrogens (tertiary/aromatic N) is 1. The Morgan fingerprint density at radius 3 is 2.43 bits per heavy atom. The van der Waals surface area contributed by atoms with E-state index in [1.165, 1.54) is 12.1 Å². The van der Waals surface area contributed by atoms with Crippen LogP contribution in [-0.4, -0.2) is 37.0 Å². The summed E-state index contributed by atoms with van der Waals surface area (Å²) in [4.78, 5) is 13.7. The molecule has 8 heteroatoms. The van der Waals surface area contributed by atoms with Gasteiger partial charge in [0.25, 0.3) is 5.91 Å². The predicted molar refractivity (Wildman–Crippen MR) is 82.5 cm³/mol. The standard InChI is InChI=1S/C15H19F3N2O2.ClH/c1-14(9-19)6-7-20(10-14)13(21)8-22-12-4-2-11(3-5-12)15(16,17)18;/h2-5H,6-10,19H2,1H3;1H. The van der Waals surface area contributed by atoms with Gasteiger partial charge in [0.05, 0.1) is 5.56 Å². The Morgan fingerprint density at radius 1 is 1.35 bits per heavy atom. The number of alkyl halides is 3. The lowest BCUT2D eigenvalue weighted by Gasteiger charge is -2.22. The van der Waals surface area contributed by atoms with Crippen molar-refractivity contribution in [2.24, 2.45) is 11.1 Å². The first-order chi connectivity index (χ1) is 10.2. The number of carbonyl (C=O) groups is 1. The molecule has 23 heavy (non-hydrogen) atoms. The van der Waals surface area contributed by atoms with Gasteiger partial charge in [0.2, 0.25) is 0 Å². The van der Waals surface area contributed by atoms with E-state index >= 15 is 0 Å². The van der Waals surface area contributed by atoms with Gasteiger partial charge in [0.1, 0.15) is 5.75 Å². The average Bonchev–Trinajstić information content (AvgIpc) is 2.88. The van der Waals surface area contributed by atoms with Crippen LogP contribution in [0, 0.1) is 5.41 Å². The molecule has 0 bridgehead atoms. The Kier molecular flexibility index (Phi) is 6.30. The maximum Gasteiger partial charge on any atom is 0.416 e. The Hall–Kier alpha value is -1.47. The van der Waals surface area contributed by atoms with Crippen LogP contribution in [0.25, 0.3) is 0 Å². The van der Waals surface area contributed by atoms with Crippen LogP contribution < -0.4 is 10.5 Å². The minimum Gasteiger partial charge on any atom is -0.484 e. The molecule has 1 saturated heterocycles. The normalized spacial score (nSPS) is 21.0. The fraction of sp³-hybridized carbons (Fsp3) is 0.533. The number of nitrogens with two attached hydrogens (primary N) is 1. The third-order valence-electron chi connectivity index (χ3n) is 3.95. The van der Waals surface area contributed by atoms with Gasteiger partial charge in [-0.05, 0) is 42.6 Å². The molecule has 0 spiro atoms. The van der Waals surface area contributed by atoms with Crippen LogP contribution in [0.3, 0.4) is 0 Å². The predicted octanol–water partition coefficient (Wildman–Crippen LogP) is 2.70. The first-order valence-corrected chi connectivity index (χ1v) is 7.01. The van der Waals surface area contributed by atoms with Crippen LogP contribution in [0.1, 0.15) is 18.9 Å². The highest BCUT2D eigenvalue weighted by Gasteiger charge is 2.35. The lowest BCUT2D eigenvalue weighted by Crippen LogP contribution is -2.36. The van der Waals surface area contributed by atoms with E-state index in [1.54, 1.807) is 4.90 Å². The quantitative estimate of drug-likeness (QED) is 0.906. The van der Waals surface area contributed by atoms with Crippen molar-refractivity contribution in [3.05, 3.63) is 29.8 Å². The summed E-state index contributed by atoms with van der Waals surface area (Å²) in [6, 6.07) is 4.29. The molecular formula is C15H20ClF3N2O2. The Balaban J connectivity index is 0.00000264. The van der Waals surface area contributed by atoms with E-state index in [0.29, 0.717) is 19.6 Å². The molecule has 1 aliphatic heterocycles. The van der Waals surface area contributed by atoms with Gasteiger partial charge in [0, 0.05) is 13.1 Å². The molecule has 0 saturated carbocycles. The number of carbonyl (C=O) groups excluding carboxylic acids is 1. The number of hydrogen-bond acceptors (Lipinski definition) is 3. The van der Waals surface area contributed by atoms with Crippen LogP contribution in [0.4, 0.5) is 13.2 Å². The summed E-state index contributed by atoms with van der Waals surface area (Å²) in [6.07, 6.45) is -3.54. The number of rotatable bonds is 4. The second-order valence-corrected chi connectivity index (χ2v) is 5.89. The zero-order valence-electron chi connectivity index (χ0n) is 12.7. The van der Waals surface area contributed by atoms with Crippen LogP contribution in [0.15, 0.2) is 24.3 Å². The van der Waals surface area contributed by atoms with Gasteiger partial charge >= 0.3 is 6.18 Å². The number of halogens is 4. The topological polar surface area (TPSA) is 55.6 Å². The summed E-state index contributed by atoms with van der Waals surface area (Å²) in [5, 5.41) is 0. The molecule has 1 aliphatic rings. The second-order valence-electron chi connectivity index (χ2n) is 5.89. The van der Waals surface area contributed by atoms with Gasteiger partial charge in [-0.2, -0.15) is 13.2 Å². The molecule has 1 atom stereocenters. The summed E-state index contributed by atoms with van der Waals surface area (Å²) in [5.74, 6) is 0.0548. The maximum absolute atomic E-state index is 12.4. The molecule has 1 unspecified atom stereocenters. The SMILES string of the molecule is CC1(CN)CCN(C(=O)COc2ccc(C(F)(F)F)cc2)C1.Cl. The molecule has 2 rings (SSSR count). The first-order valence-electron chi connectivity index (χ1n) is 7.01. The molecule has 1 aromatic carbocycles. The molecule has 2 N–H and O–H groups in total. The number of likely N-dealkylation sites (tertiary alicyclic amines) is 1. The van der Waals surface area contributed by atoms with Crippen LogP contribution >= 0.6 is 12.4 Å². The van der Waals surface area contributed by atoms with Gasteiger partial charge in [-0.3, -0.25) is 4.79 Å². The molecule has 1 heterocycles. The summed E-state index contributed by atoms with van der Waals surface area (Å²) in [6.45, 7) is 3.56. The average molecular weight is 353 g/mol. The second kappa shape index (κ2) is 7.40. The van der Waals surface area contributed by atoms with E-state index in [-0.39, 0.29) is 36.1 Å². The van der Waals surface area contributed by atoms with Crippen LogP contribution in [0.5, 0.6) is 5.75 Å². The van der Waals surface area contributed by atoms with Crippen molar-refractivity contribution in [2.45, 2.75) is 19.5 Å². The molecule has 0 aliphatic carbocycles. The highest BCUT2D eigenvalue weighted by molar-refractivity contribution is 5.85. The number of amides is 1. The first kappa shape index (κ1) is 19.6. The molecule has 0 radical (unpaired) electrons. The van der Waals surface area contributed by atoms with Crippen molar-refractivity contribution in [1.82, 2.24) is 4.90 Å². The smallest absolute Gasteiger partial charge is 0.416 e. The Bertz CT molecular complexity index is 537. The van der Waals surface area contributed by atoms with E-state index < -0.39 is 11.7 Å². The number of hydrogen-bond donors (Lipinski definition) is 1. The monoisotopic (exact) mass is 352 g/mol. The van der Waals surface area contributed by atoms with E-state index in [1.807, 2.05) is 6.92 Å². The van der Waals surface area contributed by atoms with Gasteiger partial charge in [-0.1, -0.05) is 6.92 Å². The summed E-state index contributed by atoms with van der Waals surface area (Å²) >= 11 is 0. The van der Waals surface area contributed by atoms with Crippen molar-refractivity contribution < 1.29 is 22.7 Å². The number of benzene rings is 1. The Morgan fingerprint density at radius 2 is 1.96 bits per heavy atom. The van der Waals surface area contributed by atoms with E-state index in [9.17, 15) is 18.0 Å². The minimum atomic E-state index is -4.38. The van der Waals surface area contributed by atoms with Crippen molar-refractivity contribution in [1.29, 1.82) is 0 Å². The van der Waals surface area contributed by atoms with E-state index in [2.05, 4.69) is 0 Å². The van der Waals surface area contributed by atoms with Crippen LogP contribution in [0.2, 0.25) is 0 Å².